The molecule has 0 spiro atoms. The number of carboxylic acid groups (broad SMARTS) is 1. The van der Waals surface area contributed by atoms with E-state index < -0.39 is 5.97 Å². The molecular formula is C23H35N3O3. The van der Waals surface area contributed by atoms with E-state index in [1.54, 1.807) is 9.58 Å². The molecule has 0 atom stereocenters. The third-order valence-electron chi connectivity index (χ3n) is 6.45. The Bertz CT molecular complexity index is 739. The zero-order chi connectivity index (χ0) is 21.0. The Balaban J connectivity index is 1.84. The molecular weight excluding hydrogens is 366 g/mol. The third kappa shape index (κ3) is 5.28. The highest BCUT2D eigenvalue weighted by molar-refractivity contribution is 6.01. The van der Waals surface area contributed by atoms with Crippen LogP contribution in [0, 0.1) is 17.8 Å². The van der Waals surface area contributed by atoms with Gasteiger partial charge in [0.1, 0.15) is 5.56 Å². The molecule has 2 aliphatic carbocycles. The number of aromatic nitrogens is 2. The lowest BCUT2D eigenvalue weighted by atomic mass is 9.82. The van der Waals surface area contributed by atoms with Crippen LogP contribution in [0.5, 0.6) is 0 Å². The molecule has 6 heteroatoms. The predicted molar refractivity (Wildman–Crippen MR) is 115 cm³/mol. The van der Waals surface area contributed by atoms with Gasteiger partial charge in [0.2, 0.25) is 5.91 Å². The van der Waals surface area contributed by atoms with Crippen molar-refractivity contribution in [1.29, 1.82) is 0 Å². The van der Waals surface area contributed by atoms with Gasteiger partial charge in [-0.15, -0.1) is 5.10 Å². The van der Waals surface area contributed by atoms with E-state index in [0.717, 1.165) is 25.7 Å². The molecule has 1 aromatic rings. The summed E-state index contributed by atoms with van der Waals surface area (Å²) < 4.78 is 1.57. The molecule has 0 bridgehead atoms. The number of hydrogen-bond donors (Lipinski definition) is 1. The number of nitrogens with zero attached hydrogens (tertiary/aromatic N) is 3. The first kappa shape index (κ1) is 21.6. The van der Waals surface area contributed by atoms with E-state index in [-0.39, 0.29) is 29.2 Å². The van der Waals surface area contributed by atoms with Gasteiger partial charge in [-0.3, -0.25) is 9.69 Å². The first-order valence-electron chi connectivity index (χ1n) is 11.2. The second kappa shape index (κ2) is 9.59. The van der Waals surface area contributed by atoms with Crippen LogP contribution < -0.4 is 4.90 Å². The summed E-state index contributed by atoms with van der Waals surface area (Å²) in [5, 5.41) is 14.3. The molecule has 3 rings (SSSR count). The standard InChI is InChI=1S/C23H35N3O3/c1-16(2)26(22(27)19-11-9-17(3)10-12-19)21-20(23(28)29)15-25(24-21)14-13-18-7-5-4-6-8-18/h13-19H,4-12H2,1-3H3,(H,28,29)/b14-13+/t17-,19-. The van der Waals surface area contributed by atoms with Crippen LogP contribution in [0.4, 0.5) is 5.82 Å². The summed E-state index contributed by atoms with van der Waals surface area (Å²) in [5.41, 5.74) is 0.0875. The van der Waals surface area contributed by atoms with Crippen molar-refractivity contribution in [3.05, 3.63) is 17.8 Å². The number of aromatic carboxylic acids is 1. The van der Waals surface area contributed by atoms with Gasteiger partial charge in [0.15, 0.2) is 5.82 Å². The maximum atomic E-state index is 13.3. The molecule has 2 aliphatic rings. The Kier molecular flexibility index (Phi) is 7.14. The van der Waals surface area contributed by atoms with E-state index in [2.05, 4.69) is 18.1 Å². The molecule has 1 aromatic heterocycles. The van der Waals surface area contributed by atoms with Crippen LogP contribution in [0.3, 0.4) is 0 Å². The molecule has 1 amide bonds. The van der Waals surface area contributed by atoms with Gasteiger partial charge in [-0.05, 0) is 64.2 Å². The number of amides is 1. The molecule has 2 fully saturated rings. The first-order valence-corrected chi connectivity index (χ1v) is 11.2. The molecule has 1 N–H and O–H groups in total. The lowest BCUT2D eigenvalue weighted by molar-refractivity contribution is -0.123. The maximum absolute atomic E-state index is 13.3. The van der Waals surface area contributed by atoms with Gasteiger partial charge in [-0.1, -0.05) is 32.3 Å². The largest absolute Gasteiger partial charge is 0.477 e. The molecule has 2 saturated carbocycles. The van der Waals surface area contributed by atoms with Gasteiger partial charge >= 0.3 is 5.97 Å². The number of carbonyl (C=O) groups is 2. The van der Waals surface area contributed by atoms with Gasteiger partial charge in [0, 0.05) is 24.4 Å². The van der Waals surface area contributed by atoms with Gasteiger partial charge < -0.3 is 5.11 Å². The van der Waals surface area contributed by atoms with Crippen LogP contribution in [0.2, 0.25) is 0 Å². The Morgan fingerprint density at radius 2 is 1.79 bits per heavy atom. The molecule has 0 radical (unpaired) electrons. The van der Waals surface area contributed by atoms with E-state index >= 15 is 0 Å². The van der Waals surface area contributed by atoms with Crippen molar-refractivity contribution < 1.29 is 14.7 Å². The van der Waals surface area contributed by atoms with Crippen LogP contribution in [0.25, 0.3) is 6.20 Å². The summed E-state index contributed by atoms with van der Waals surface area (Å²) in [6.45, 7) is 6.07. The third-order valence-corrected chi connectivity index (χ3v) is 6.45. The van der Waals surface area contributed by atoms with Crippen LogP contribution in [-0.4, -0.2) is 32.8 Å². The molecule has 6 nitrogen and oxygen atoms in total. The number of hydrogen-bond acceptors (Lipinski definition) is 3. The molecule has 1 heterocycles. The summed E-state index contributed by atoms with van der Waals surface area (Å²) in [7, 11) is 0. The van der Waals surface area contributed by atoms with E-state index in [0.29, 0.717) is 11.8 Å². The number of anilines is 1. The Hall–Kier alpha value is -2.11. The molecule has 29 heavy (non-hydrogen) atoms. The van der Waals surface area contributed by atoms with E-state index in [9.17, 15) is 14.7 Å². The van der Waals surface area contributed by atoms with E-state index in [1.165, 1.54) is 38.3 Å². The van der Waals surface area contributed by atoms with Gasteiger partial charge in [0.05, 0.1) is 0 Å². The van der Waals surface area contributed by atoms with Crippen LogP contribution in [0.1, 0.15) is 88.9 Å². The smallest absolute Gasteiger partial charge is 0.341 e. The van der Waals surface area contributed by atoms with Crippen molar-refractivity contribution in [3.8, 4) is 0 Å². The van der Waals surface area contributed by atoms with Crippen LogP contribution >= 0.6 is 0 Å². The second-order valence-electron chi connectivity index (χ2n) is 9.15. The lowest BCUT2D eigenvalue weighted by Crippen LogP contribution is -2.43. The number of carbonyl (C=O) groups excluding carboxylic acids is 1. The molecule has 0 saturated heterocycles. The van der Waals surface area contributed by atoms with E-state index in [1.807, 2.05) is 20.0 Å². The highest BCUT2D eigenvalue weighted by atomic mass is 16.4. The molecule has 160 valence electrons. The summed E-state index contributed by atoms with van der Waals surface area (Å²) >= 11 is 0. The molecule has 0 aromatic carbocycles. The van der Waals surface area contributed by atoms with Crippen molar-refractivity contribution in [3.63, 3.8) is 0 Å². The summed E-state index contributed by atoms with van der Waals surface area (Å²) in [6, 6.07) is -0.148. The monoisotopic (exact) mass is 401 g/mol. The summed E-state index contributed by atoms with van der Waals surface area (Å²) in [6.07, 6.45) is 15.5. The minimum Gasteiger partial charge on any atom is -0.477 e. The minimum atomic E-state index is -1.05. The summed E-state index contributed by atoms with van der Waals surface area (Å²) in [4.78, 5) is 26.8. The van der Waals surface area contributed by atoms with Gasteiger partial charge in [-0.25, -0.2) is 9.48 Å². The van der Waals surface area contributed by atoms with Gasteiger partial charge in [-0.2, -0.15) is 0 Å². The normalized spacial score (nSPS) is 23.6. The fraction of sp³-hybridized carbons (Fsp3) is 0.696. The van der Waals surface area contributed by atoms with Crippen molar-refractivity contribution >= 4 is 23.9 Å². The molecule has 0 unspecified atom stereocenters. The SMILES string of the molecule is CC(C)N(c1nn(/C=C/C2CCCCC2)cc1C(=O)O)C(=O)[C@H]1CC[C@H](C)CC1. The number of allylic oxidation sites excluding steroid dienone is 1. The Morgan fingerprint density at radius 3 is 2.38 bits per heavy atom. The fourth-order valence-electron chi connectivity index (χ4n) is 4.63. The Morgan fingerprint density at radius 1 is 1.14 bits per heavy atom. The quantitative estimate of drug-likeness (QED) is 0.711. The lowest BCUT2D eigenvalue weighted by Gasteiger charge is -2.32. The first-order chi connectivity index (χ1) is 13.9. The van der Waals surface area contributed by atoms with Crippen molar-refractivity contribution in [2.24, 2.45) is 17.8 Å². The highest BCUT2D eigenvalue weighted by Gasteiger charge is 2.33. The zero-order valence-corrected chi connectivity index (χ0v) is 18.0. The van der Waals surface area contributed by atoms with Crippen molar-refractivity contribution in [2.75, 3.05) is 4.90 Å². The second-order valence-corrected chi connectivity index (χ2v) is 9.15. The molecule has 0 aliphatic heterocycles. The fourth-order valence-corrected chi connectivity index (χ4v) is 4.63. The summed E-state index contributed by atoms with van der Waals surface area (Å²) in [5.74, 6) is 0.369. The number of carboxylic acids is 1. The predicted octanol–water partition coefficient (Wildman–Crippen LogP) is 5.20. The number of rotatable bonds is 6. The van der Waals surface area contributed by atoms with E-state index in [4.69, 9.17) is 0 Å². The minimum absolute atomic E-state index is 0.0101. The van der Waals surface area contributed by atoms with Gasteiger partial charge in [0.25, 0.3) is 0 Å². The zero-order valence-electron chi connectivity index (χ0n) is 18.0. The average Bonchev–Trinajstić information content (AvgIpc) is 3.11. The van der Waals surface area contributed by atoms with Crippen LogP contribution in [0.15, 0.2) is 12.3 Å². The topological polar surface area (TPSA) is 75.4 Å². The maximum Gasteiger partial charge on any atom is 0.341 e. The Labute approximate surface area is 174 Å². The average molecular weight is 402 g/mol. The highest BCUT2D eigenvalue weighted by Crippen LogP contribution is 2.32. The van der Waals surface area contributed by atoms with Crippen LogP contribution in [-0.2, 0) is 4.79 Å². The van der Waals surface area contributed by atoms with Crippen molar-refractivity contribution in [1.82, 2.24) is 9.78 Å². The van der Waals surface area contributed by atoms with Crippen molar-refractivity contribution in [2.45, 2.75) is 84.6 Å².